The molecule has 0 aromatic heterocycles. The molecule has 0 heterocycles. The summed E-state index contributed by atoms with van der Waals surface area (Å²) in [6, 6.07) is 0. The van der Waals surface area contributed by atoms with Crippen molar-refractivity contribution >= 4 is 23.3 Å². The number of hydrogen-bond acceptors (Lipinski definition) is 5. The molecular weight excluding hydrogens is 476 g/mol. The maximum absolute atomic E-state index is 15.0. The number of allylic oxidation sites excluding steroid dienone is 9. The lowest BCUT2D eigenvalue weighted by atomic mass is 9.40. The molecule has 3 atom stereocenters. The van der Waals surface area contributed by atoms with Crippen LogP contribution in [0.2, 0.25) is 0 Å². The Balaban J connectivity index is 3.12. The van der Waals surface area contributed by atoms with Crippen LogP contribution in [-0.2, 0) is 23.9 Å². The Hall–Kier alpha value is -2.82. The van der Waals surface area contributed by atoms with E-state index >= 15 is 0 Å². The summed E-state index contributed by atoms with van der Waals surface area (Å²) >= 11 is 0. The quantitative estimate of drug-likeness (QED) is 0.168. The molecule has 2 rings (SSSR count). The maximum Gasteiger partial charge on any atom is 0.307 e. The normalized spacial score (nSPS) is 26.8. The third-order valence-electron chi connectivity index (χ3n) is 8.13. The molecule has 0 radical (unpaired) electrons. The van der Waals surface area contributed by atoms with Crippen molar-refractivity contribution in [2.75, 3.05) is 0 Å². The standard InChI is InChI=1S/C33H46O5/c1-20(2)13-12-17-31(11)24(9)19-32(18-16-22(5)6)29(38-25(10)34)26(15-14-21(3)4)28(36)33(31,30(32)37)27(35)23(7)8/h13-14,16,23H,9,12,15,17-19H2,1-8,10-11H3/t31?,32-,33+/m0/s1. The molecule has 2 bridgehead atoms. The monoisotopic (exact) mass is 522 g/mol. The van der Waals surface area contributed by atoms with E-state index in [9.17, 15) is 19.2 Å². The predicted molar refractivity (Wildman–Crippen MR) is 152 cm³/mol. The van der Waals surface area contributed by atoms with Gasteiger partial charge in [-0.1, -0.05) is 67.9 Å². The first-order chi connectivity index (χ1) is 17.5. The van der Waals surface area contributed by atoms with Crippen LogP contribution in [0.5, 0.6) is 0 Å². The van der Waals surface area contributed by atoms with Crippen molar-refractivity contribution in [1.82, 2.24) is 0 Å². The Morgan fingerprint density at radius 2 is 1.50 bits per heavy atom. The maximum atomic E-state index is 15.0. The van der Waals surface area contributed by atoms with Crippen LogP contribution < -0.4 is 0 Å². The van der Waals surface area contributed by atoms with Crippen molar-refractivity contribution in [1.29, 1.82) is 0 Å². The third-order valence-corrected chi connectivity index (χ3v) is 8.13. The number of ketones is 3. The Labute approximate surface area is 229 Å². The fourth-order valence-electron chi connectivity index (χ4n) is 6.04. The van der Waals surface area contributed by atoms with Gasteiger partial charge < -0.3 is 4.74 Å². The molecule has 0 spiro atoms. The van der Waals surface area contributed by atoms with Gasteiger partial charge >= 0.3 is 5.97 Å². The summed E-state index contributed by atoms with van der Waals surface area (Å²) in [4.78, 5) is 56.5. The van der Waals surface area contributed by atoms with E-state index in [1.165, 1.54) is 6.92 Å². The molecule has 5 nitrogen and oxygen atoms in total. The van der Waals surface area contributed by atoms with Crippen LogP contribution in [0.1, 0.15) is 101 Å². The van der Waals surface area contributed by atoms with Gasteiger partial charge in [0.15, 0.2) is 22.8 Å². The van der Waals surface area contributed by atoms with E-state index in [1.54, 1.807) is 13.8 Å². The predicted octanol–water partition coefficient (Wildman–Crippen LogP) is 7.58. The van der Waals surface area contributed by atoms with E-state index in [2.05, 4.69) is 12.7 Å². The van der Waals surface area contributed by atoms with Crippen LogP contribution in [0.25, 0.3) is 0 Å². The first kappa shape index (κ1) is 31.4. The zero-order valence-corrected chi connectivity index (χ0v) is 25.1. The topological polar surface area (TPSA) is 77.5 Å². The summed E-state index contributed by atoms with van der Waals surface area (Å²) in [5.74, 6) is -2.44. The van der Waals surface area contributed by atoms with Crippen LogP contribution >= 0.6 is 0 Å². The minimum atomic E-state index is -1.93. The average Bonchev–Trinajstić information content (AvgIpc) is 2.79. The van der Waals surface area contributed by atoms with Gasteiger partial charge in [-0.3, -0.25) is 19.2 Å². The van der Waals surface area contributed by atoms with E-state index in [4.69, 9.17) is 4.74 Å². The SMILES string of the molecule is C=C1C[C@]2(CC=C(C)C)C(=O)[C@@](C(=O)C(C)C)(C(=O)C(CC=C(C)C)=C2OC(C)=O)C1(C)CCC=C(C)C. The molecule has 0 aromatic rings. The minimum absolute atomic E-state index is 0.0923. The lowest BCUT2D eigenvalue weighted by molar-refractivity contribution is -0.169. The van der Waals surface area contributed by atoms with Crippen molar-refractivity contribution in [3.05, 3.63) is 58.4 Å². The van der Waals surface area contributed by atoms with Gasteiger partial charge in [-0.2, -0.15) is 0 Å². The molecule has 2 aliphatic carbocycles. The minimum Gasteiger partial charge on any atom is -0.430 e. The number of rotatable bonds is 10. The molecule has 5 heteroatoms. The molecule has 0 aromatic carbocycles. The number of fused-ring (bicyclic) bond motifs is 2. The largest absolute Gasteiger partial charge is 0.430 e. The van der Waals surface area contributed by atoms with Crippen LogP contribution in [0.3, 0.4) is 0 Å². The molecule has 208 valence electrons. The van der Waals surface area contributed by atoms with Gasteiger partial charge in [0.1, 0.15) is 5.76 Å². The third kappa shape index (κ3) is 5.21. The highest BCUT2D eigenvalue weighted by Crippen LogP contribution is 2.66. The highest BCUT2D eigenvalue weighted by molar-refractivity contribution is 6.34. The van der Waals surface area contributed by atoms with E-state index in [0.29, 0.717) is 18.4 Å². The molecule has 38 heavy (non-hydrogen) atoms. The average molecular weight is 523 g/mol. The van der Waals surface area contributed by atoms with Crippen molar-refractivity contribution in [2.45, 2.75) is 101 Å². The lowest BCUT2D eigenvalue weighted by Gasteiger charge is -2.59. The van der Waals surface area contributed by atoms with E-state index < -0.39 is 39.7 Å². The summed E-state index contributed by atoms with van der Waals surface area (Å²) in [6.07, 6.45) is 7.54. The van der Waals surface area contributed by atoms with E-state index in [0.717, 1.165) is 16.7 Å². The molecule has 1 saturated carbocycles. The molecule has 2 aliphatic rings. The fourth-order valence-corrected chi connectivity index (χ4v) is 6.04. The Kier molecular flexibility index (Phi) is 9.51. The number of ether oxygens (including phenoxy) is 1. The van der Waals surface area contributed by atoms with Gasteiger partial charge in [-0.05, 0) is 73.6 Å². The molecule has 0 saturated heterocycles. The molecular formula is C33H46O5. The fraction of sp³-hybridized carbons (Fsp3) is 0.576. The summed E-state index contributed by atoms with van der Waals surface area (Å²) in [6.45, 7) is 22.7. The zero-order valence-electron chi connectivity index (χ0n) is 25.1. The summed E-state index contributed by atoms with van der Waals surface area (Å²) in [7, 11) is 0. The summed E-state index contributed by atoms with van der Waals surface area (Å²) < 4.78 is 5.79. The lowest BCUT2D eigenvalue weighted by Crippen LogP contribution is -2.69. The second-order valence-corrected chi connectivity index (χ2v) is 12.3. The highest BCUT2D eigenvalue weighted by Gasteiger charge is 2.75. The summed E-state index contributed by atoms with van der Waals surface area (Å²) in [5.41, 5.74) is -0.364. The first-order valence-electron chi connectivity index (χ1n) is 13.6. The van der Waals surface area contributed by atoms with E-state index in [1.807, 2.05) is 60.6 Å². The van der Waals surface area contributed by atoms with Crippen molar-refractivity contribution in [3.8, 4) is 0 Å². The smallest absolute Gasteiger partial charge is 0.307 e. The van der Waals surface area contributed by atoms with E-state index in [-0.39, 0.29) is 36.4 Å². The Morgan fingerprint density at radius 1 is 0.947 bits per heavy atom. The number of esters is 1. The summed E-state index contributed by atoms with van der Waals surface area (Å²) in [5, 5.41) is 0. The molecule has 0 aliphatic heterocycles. The molecule has 1 unspecified atom stereocenters. The van der Waals surface area contributed by atoms with Gasteiger partial charge in [0.05, 0.1) is 5.41 Å². The Bertz CT molecular complexity index is 1160. The molecule has 0 amide bonds. The number of hydrogen-bond donors (Lipinski definition) is 0. The first-order valence-corrected chi connectivity index (χ1v) is 13.6. The zero-order chi connectivity index (χ0) is 29.2. The van der Waals surface area contributed by atoms with Crippen molar-refractivity contribution in [2.24, 2.45) is 22.2 Å². The second kappa shape index (κ2) is 11.5. The van der Waals surface area contributed by atoms with Gasteiger partial charge in [-0.25, -0.2) is 0 Å². The second-order valence-electron chi connectivity index (χ2n) is 12.3. The van der Waals surface area contributed by atoms with Gasteiger partial charge in [0.2, 0.25) is 0 Å². The number of carbonyl (C=O) groups is 4. The molecule has 0 N–H and O–H groups in total. The Morgan fingerprint density at radius 3 is 1.97 bits per heavy atom. The van der Waals surface area contributed by atoms with Crippen molar-refractivity contribution in [3.63, 3.8) is 0 Å². The van der Waals surface area contributed by atoms with Gasteiger partial charge in [-0.15, -0.1) is 0 Å². The van der Waals surface area contributed by atoms with Crippen LogP contribution in [-0.4, -0.2) is 23.3 Å². The van der Waals surface area contributed by atoms with Gasteiger partial charge in [0.25, 0.3) is 0 Å². The number of carbonyl (C=O) groups excluding carboxylic acids is 4. The molecule has 1 fully saturated rings. The number of Topliss-reactive ketones (excluding diaryl/α,β-unsaturated/α-hetero) is 3. The van der Waals surface area contributed by atoms with Crippen LogP contribution in [0.4, 0.5) is 0 Å². The van der Waals surface area contributed by atoms with Crippen LogP contribution in [0.15, 0.2) is 58.4 Å². The van der Waals surface area contributed by atoms with Crippen LogP contribution in [0, 0.1) is 22.2 Å². The highest BCUT2D eigenvalue weighted by atomic mass is 16.5. The van der Waals surface area contributed by atoms with Gasteiger partial charge in [0, 0.05) is 23.8 Å². The van der Waals surface area contributed by atoms with Crippen molar-refractivity contribution < 1.29 is 23.9 Å².